The van der Waals surface area contributed by atoms with Crippen molar-refractivity contribution in [3.05, 3.63) is 30.1 Å². The van der Waals surface area contributed by atoms with Crippen LogP contribution in [0.4, 0.5) is 0 Å². The second-order valence-corrected chi connectivity index (χ2v) is 9.87. The van der Waals surface area contributed by atoms with Crippen molar-refractivity contribution in [2.24, 2.45) is 17.6 Å². The molecule has 1 fully saturated rings. The van der Waals surface area contributed by atoms with Crippen LogP contribution >= 0.6 is 0 Å². The highest BCUT2D eigenvalue weighted by Crippen LogP contribution is 2.30. The number of nitrogens with one attached hydrogen (secondary N) is 1. The van der Waals surface area contributed by atoms with Gasteiger partial charge in [-0.3, -0.25) is 9.59 Å². The zero-order chi connectivity index (χ0) is 24.0. The van der Waals surface area contributed by atoms with Gasteiger partial charge in [0.25, 0.3) is 5.91 Å². The average molecular weight is 458 g/mol. The number of methoxy groups -OCH3 is 1. The molecule has 3 rings (SSSR count). The SMILES string of the molecule is COCCCCCn1c(C(=O)N(CC(C)C)[C@]2(C)CNCC(C(N)=O)C2)nc2ccccc21. The molecule has 1 aliphatic heterocycles. The molecule has 0 aliphatic carbocycles. The van der Waals surface area contributed by atoms with Gasteiger partial charge < -0.3 is 25.3 Å². The highest BCUT2D eigenvalue weighted by Gasteiger charge is 2.42. The summed E-state index contributed by atoms with van der Waals surface area (Å²) in [7, 11) is 1.72. The van der Waals surface area contributed by atoms with Crippen LogP contribution in [-0.2, 0) is 16.1 Å². The van der Waals surface area contributed by atoms with Gasteiger partial charge in [-0.2, -0.15) is 0 Å². The number of primary amides is 1. The summed E-state index contributed by atoms with van der Waals surface area (Å²) in [4.78, 5) is 32.7. The van der Waals surface area contributed by atoms with Crippen LogP contribution in [0.1, 0.15) is 57.1 Å². The Labute approximate surface area is 196 Å². The number of nitrogens with two attached hydrogens (primary N) is 1. The Hall–Kier alpha value is -2.45. The van der Waals surface area contributed by atoms with Crippen LogP contribution in [0.2, 0.25) is 0 Å². The summed E-state index contributed by atoms with van der Waals surface area (Å²) >= 11 is 0. The van der Waals surface area contributed by atoms with Crippen LogP contribution in [0, 0.1) is 11.8 Å². The molecule has 3 N–H and O–H groups in total. The van der Waals surface area contributed by atoms with Gasteiger partial charge in [0.1, 0.15) is 0 Å². The molecule has 2 heterocycles. The van der Waals surface area contributed by atoms with Gasteiger partial charge in [0.15, 0.2) is 5.82 Å². The first kappa shape index (κ1) is 25.2. The van der Waals surface area contributed by atoms with Gasteiger partial charge in [-0.25, -0.2) is 4.98 Å². The Kier molecular flexibility index (Phi) is 8.48. The van der Waals surface area contributed by atoms with E-state index in [1.54, 1.807) is 7.11 Å². The first-order chi connectivity index (χ1) is 15.8. The van der Waals surface area contributed by atoms with Crippen LogP contribution in [0.25, 0.3) is 11.0 Å². The Morgan fingerprint density at radius 3 is 2.76 bits per heavy atom. The molecule has 1 aromatic carbocycles. The van der Waals surface area contributed by atoms with E-state index in [1.807, 2.05) is 36.1 Å². The van der Waals surface area contributed by atoms with Crippen LogP contribution in [0.15, 0.2) is 24.3 Å². The summed E-state index contributed by atoms with van der Waals surface area (Å²) in [6, 6.07) is 7.90. The predicted octanol–water partition coefficient (Wildman–Crippen LogP) is 2.80. The molecule has 0 radical (unpaired) electrons. The third-order valence-corrected chi connectivity index (χ3v) is 6.51. The van der Waals surface area contributed by atoms with Crippen LogP contribution < -0.4 is 11.1 Å². The maximum absolute atomic E-state index is 14.1. The average Bonchev–Trinajstić information content (AvgIpc) is 3.15. The van der Waals surface area contributed by atoms with Crippen molar-refractivity contribution in [3.8, 4) is 0 Å². The Bertz CT molecular complexity index is 957. The number of piperidine rings is 1. The number of fused-ring (bicyclic) bond motifs is 1. The van der Waals surface area contributed by atoms with Crippen LogP contribution in [0.5, 0.6) is 0 Å². The summed E-state index contributed by atoms with van der Waals surface area (Å²) in [6.45, 7) is 9.47. The van der Waals surface area contributed by atoms with Crippen LogP contribution in [-0.4, -0.2) is 65.2 Å². The molecule has 182 valence electrons. The highest BCUT2D eigenvalue weighted by atomic mass is 16.5. The van der Waals surface area contributed by atoms with Crippen molar-refractivity contribution in [1.82, 2.24) is 19.8 Å². The topological polar surface area (TPSA) is 102 Å². The number of rotatable bonds is 11. The lowest BCUT2D eigenvalue weighted by Crippen LogP contribution is -2.62. The van der Waals surface area contributed by atoms with Gasteiger partial charge >= 0.3 is 0 Å². The molecule has 8 heteroatoms. The summed E-state index contributed by atoms with van der Waals surface area (Å²) in [5.74, 6) is 0.0170. The normalized spacial score (nSPS) is 20.9. The molecule has 1 saturated heterocycles. The standard InChI is InChI=1S/C25H39N5O3/c1-18(2)16-30(25(3)14-19(22(26)31)15-27-17-25)24(32)23-28-20-10-6-7-11-21(20)29(23)12-8-5-9-13-33-4/h6-7,10-11,18-19,27H,5,8-9,12-17H2,1-4H3,(H2,26,31)/t19?,25-/m0/s1. The Balaban J connectivity index is 1.94. The lowest BCUT2D eigenvalue weighted by Gasteiger charge is -2.46. The van der Waals surface area contributed by atoms with Gasteiger partial charge in [0.2, 0.25) is 5.91 Å². The first-order valence-electron chi connectivity index (χ1n) is 12.0. The fourth-order valence-corrected chi connectivity index (χ4v) is 4.79. The predicted molar refractivity (Wildman–Crippen MR) is 130 cm³/mol. The molecule has 2 aromatic rings. The van der Waals surface area contributed by atoms with Crippen molar-refractivity contribution >= 4 is 22.8 Å². The summed E-state index contributed by atoms with van der Waals surface area (Å²) in [6.07, 6.45) is 3.50. The molecule has 0 saturated carbocycles. The zero-order valence-corrected chi connectivity index (χ0v) is 20.5. The van der Waals surface area contributed by atoms with Gasteiger partial charge in [-0.1, -0.05) is 26.0 Å². The highest BCUT2D eigenvalue weighted by molar-refractivity contribution is 5.95. The van der Waals surface area contributed by atoms with Crippen LogP contribution in [0.3, 0.4) is 0 Å². The number of benzene rings is 1. The summed E-state index contributed by atoms with van der Waals surface area (Å²) in [5, 5.41) is 3.33. The molecule has 33 heavy (non-hydrogen) atoms. The third-order valence-electron chi connectivity index (χ3n) is 6.51. The van der Waals surface area contributed by atoms with E-state index in [0.29, 0.717) is 31.9 Å². The number of carbonyl (C=O) groups excluding carboxylic acids is 2. The van der Waals surface area contributed by atoms with Crippen molar-refractivity contribution in [1.29, 1.82) is 0 Å². The fourth-order valence-electron chi connectivity index (χ4n) is 4.79. The van der Waals surface area contributed by atoms with E-state index < -0.39 is 5.54 Å². The van der Waals surface area contributed by atoms with E-state index in [0.717, 1.165) is 43.4 Å². The van der Waals surface area contributed by atoms with Gasteiger partial charge in [0, 0.05) is 39.9 Å². The minimum Gasteiger partial charge on any atom is -0.385 e. The molecule has 0 bridgehead atoms. The number of nitrogens with zero attached hydrogens (tertiary/aromatic N) is 3. The minimum absolute atomic E-state index is 0.0915. The molecular formula is C25H39N5O3. The summed E-state index contributed by atoms with van der Waals surface area (Å²) < 4.78 is 7.22. The number of amides is 2. The van der Waals surface area contributed by atoms with E-state index in [9.17, 15) is 9.59 Å². The van der Waals surface area contributed by atoms with E-state index in [-0.39, 0.29) is 23.7 Å². The number of ether oxygens (including phenoxy) is 1. The maximum Gasteiger partial charge on any atom is 0.290 e. The number of unbranched alkanes of at least 4 members (excludes halogenated alkanes) is 2. The molecule has 1 aliphatic rings. The van der Waals surface area contributed by atoms with E-state index in [4.69, 9.17) is 15.5 Å². The molecule has 1 aromatic heterocycles. The number of hydrogen-bond donors (Lipinski definition) is 2. The number of hydrogen-bond acceptors (Lipinski definition) is 5. The van der Waals surface area contributed by atoms with Crippen molar-refractivity contribution < 1.29 is 14.3 Å². The first-order valence-corrected chi connectivity index (χ1v) is 12.0. The number of aryl methyl sites for hydroxylation is 1. The van der Waals surface area contributed by atoms with Crippen molar-refractivity contribution in [2.75, 3.05) is 33.4 Å². The second kappa shape index (κ2) is 11.1. The van der Waals surface area contributed by atoms with E-state index >= 15 is 0 Å². The van der Waals surface area contributed by atoms with Gasteiger partial charge in [-0.05, 0) is 50.7 Å². The molecule has 1 unspecified atom stereocenters. The zero-order valence-electron chi connectivity index (χ0n) is 20.5. The number of imidazole rings is 1. The number of carbonyl (C=O) groups is 2. The quantitative estimate of drug-likeness (QED) is 0.505. The van der Waals surface area contributed by atoms with Gasteiger partial charge in [-0.15, -0.1) is 0 Å². The lowest BCUT2D eigenvalue weighted by atomic mass is 9.82. The van der Waals surface area contributed by atoms with Gasteiger partial charge in [0.05, 0.1) is 22.5 Å². The monoisotopic (exact) mass is 457 g/mol. The van der Waals surface area contributed by atoms with E-state index in [2.05, 4.69) is 23.7 Å². The largest absolute Gasteiger partial charge is 0.385 e. The summed E-state index contributed by atoms with van der Waals surface area (Å²) in [5.41, 5.74) is 6.90. The lowest BCUT2D eigenvalue weighted by molar-refractivity contribution is -0.123. The molecular weight excluding hydrogens is 418 g/mol. The maximum atomic E-state index is 14.1. The second-order valence-electron chi connectivity index (χ2n) is 9.87. The minimum atomic E-state index is -0.527. The molecule has 2 amide bonds. The van der Waals surface area contributed by atoms with Crippen molar-refractivity contribution in [2.45, 2.75) is 58.5 Å². The Morgan fingerprint density at radius 1 is 1.30 bits per heavy atom. The smallest absolute Gasteiger partial charge is 0.290 e. The number of aromatic nitrogens is 2. The third kappa shape index (κ3) is 5.92. The number of para-hydroxylation sites is 2. The molecule has 8 nitrogen and oxygen atoms in total. The molecule has 0 spiro atoms. The van der Waals surface area contributed by atoms with E-state index in [1.165, 1.54) is 0 Å². The fraction of sp³-hybridized carbons (Fsp3) is 0.640. The van der Waals surface area contributed by atoms with Crippen molar-refractivity contribution in [3.63, 3.8) is 0 Å². The Morgan fingerprint density at radius 2 is 2.06 bits per heavy atom. The molecule has 2 atom stereocenters.